The Balaban J connectivity index is 1.43. The van der Waals surface area contributed by atoms with Crippen LogP contribution in [0.1, 0.15) is 6.42 Å². The first-order valence-electron chi connectivity index (χ1n) is 11.8. The topological polar surface area (TPSA) is 143 Å². The maximum absolute atomic E-state index is 13.5. The lowest BCUT2D eigenvalue weighted by Gasteiger charge is -2.28. The van der Waals surface area contributed by atoms with Gasteiger partial charge in [0.2, 0.25) is 10.0 Å². The summed E-state index contributed by atoms with van der Waals surface area (Å²) in [5, 5.41) is 18.0. The number of fused-ring (bicyclic) bond motifs is 1. The molecule has 15 heteroatoms. The van der Waals surface area contributed by atoms with E-state index in [9.17, 15) is 26.7 Å². The predicted molar refractivity (Wildman–Crippen MR) is 150 cm³/mol. The smallest absolute Gasteiger partial charge is 0.324 e. The Bertz CT molecular complexity index is 1700. The van der Waals surface area contributed by atoms with E-state index >= 15 is 0 Å². The Labute approximate surface area is 234 Å². The van der Waals surface area contributed by atoms with Gasteiger partial charge in [0.15, 0.2) is 21.5 Å². The summed E-state index contributed by atoms with van der Waals surface area (Å²) < 4.78 is 53.0. The second kappa shape index (κ2) is 10.5. The van der Waals surface area contributed by atoms with Crippen molar-refractivity contribution in [2.45, 2.75) is 11.7 Å². The molecule has 1 aliphatic carbocycles. The van der Waals surface area contributed by atoms with E-state index in [0.29, 0.717) is 35.6 Å². The van der Waals surface area contributed by atoms with Gasteiger partial charge >= 0.3 is 5.97 Å². The molecule has 1 saturated heterocycles. The van der Waals surface area contributed by atoms with Crippen LogP contribution in [-0.2, 0) is 24.7 Å². The molecule has 2 aliphatic rings. The zero-order chi connectivity index (χ0) is 27.9. The Morgan fingerprint density at radius 1 is 1.08 bits per heavy atom. The number of benzene rings is 1. The summed E-state index contributed by atoms with van der Waals surface area (Å²) in [6.45, 7) is -0.0675. The van der Waals surface area contributed by atoms with Crippen molar-refractivity contribution >= 4 is 71.4 Å². The van der Waals surface area contributed by atoms with Crippen LogP contribution in [0.25, 0.3) is 16.7 Å². The van der Waals surface area contributed by atoms with E-state index in [1.165, 1.54) is 18.2 Å². The second-order valence-corrected chi connectivity index (χ2v) is 14.4. The van der Waals surface area contributed by atoms with E-state index in [2.05, 4.69) is 10.2 Å². The van der Waals surface area contributed by atoms with Crippen LogP contribution in [0, 0.1) is 0 Å². The Morgan fingerprint density at radius 3 is 2.41 bits per heavy atom. The number of hydrogen-bond donors (Lipinski definition) is 1. The molecule has 3 aromatic rings. The standard InChI is InChI=1S/C24H23Cl2N5O6S2/c25-17-12-18(26)14-20(13-17)39(36,37)31(15-24(32)33)19-1-2-21-16(11-19)5-6-30(21)23-4-3-22(27-28-23)29-7-9-38(34,35)10-8-29/h1-6,11-13,20H,7-10,14-15H2,(H,32,33). The van der Waals surface area contributed by atoms with Crippen LogP contribution < -0.4 is 9.21 Å². The normalized spacial score (nSPS) is 19.4. The summed E-state index contributed by atoms with van der Waals surface area (Å²) in [5.74, 6) is -0.0870. The number of hydrogen-bond acceptors (Lipinski definition) is 8. The highest BCUT2D eigenvalue weighted by atomic mass is 35.5. The molecule has 2 aromatic heterocycles. The highest BCUT2D eigenvalue weighted by Crippen LogP contribution is 2.33. The van der Waals surface area contributed by atoms with E-state index in [1.54, 1.807) is 41.1 Å². The zero-order valence-electron chi connectivity index (χ0n) is 20.3. The number of sulfonamides is 1. The van der Waals surface area contributed by atoms with Crippen molar-refractivity contribution in [3.63, 3.8) is 0 Å². The summed E-state index contributed by atoms with van der Waals surface area (Å²) >= 11 is 12.1. The number of aliphatic carboxylic acids is 1. The number of aromatic nitrogens is 3. The molecule has 3 heterocycles. The molecule has 1 aromatic carbocycles. The van der Waals surface area contributed by atoms with Crippen LogP contribution in [0.4, 0.5) is 11.5 Å². The van der Waals surface area contributed by atoms with Crippen LogP contribution in [0.3, 0.4) is 0 Å². The number of allylic oxidation sites excluding steroid dienone is 3. The number of carboxylic acid groups (broad SMARTS) is 1. The first-order valence-corrected chi connectivity index (χ1v) is 15.9. The molecule has 1 unspecified atom stereocenters. The number of sulfone groups is 1. The predicted octanol–water partition coefficient (Wildman–Crippen LogP) is 2.89. The molecule has 206 valence electrons. The SMILES string of the molecule is O=C(O)CN(c1ccc2c(ccn2-c2ccc(N3CCS(=O)(=O)CC3)nn2)c1)S(=O)(=O)C1C=C(Cl)C=C(Cl)C1. The van der Waals surface area contributed by atoms with Gasteiger partial charge in [0.05, 0.1) is 22.7 Å². The molecular formula is C24H23Cl2N5O6S2. The van der Waals surface area contributed by atoms with Gasteiger partial charge < -0.3 is 10.0 Å². The molecule has 11 nitrogen and oxygen atoms in total. The molecule has 0 bridgehead atoms. The van der Waals surface area contributed by atoms with E-state index in [1.807, 2.05) is 4.90 Å². The fraction of sp³-hybridized carbons (Fsp3) is 0.292. The molecule has 0 spiro atoms. The summed E-state index contributed by atoms with van der Waals surface area (Å²) in [6.07, 6.45) is 4.53. The summed E-state index contributed by atoms with van der Waals surface area (Å²) in [7, 11) is -7.19. The lowest BCUT2D eigenvalue weighted by atomic mass is 10.2. The first-order chi connectivity index (χ1) is 18.4. The van der Waals surface area contributed by atoms with Gasteiger partial charge in [0.25, 0.3) is 0 Å². The van der Waals surface area contributed by atoms with Gasteiger partial charge in [-0.3, -0.25) is 13.7 Å². The Morgan fingerprint density at radius 2 is 1.77 bits per heavy atom. The zero-order valence-corrected chi connectivity index (χ0v) is 23.5. The lowest BCUT2D eigenvalue weighted by Crippen LogP contribution is -2.41. The fourth-order valence-electron chi connectivity index (χ4n) is 4.53. The van der Waals surface area contributed by atoms with E-state index in [4.69, 9.17) is 23.2 Å². The van der Waals surface area contributed by atoms with Crippen LogP contribution in [0.15, 0.2) is 64.8 Å². The number of carboxylic acids is 1. The van der Waals surface area contributed by atoms with Crippen LogP contribution in [0.5, 0.6) is 0 Å². The minimum absolute atomic E-state index is 0.0171. The van der Waals surface area contributed by atoms with Crippen molar-refractivity contribution in [1.82, 2.24) is 14.8 Å². The molecule has 1 N–H and O–H groups in total. The summed E-state index contributed by atoms with van der Waals surface area (Å²) in [4.78, 5) is 13.5. The van der Waals surface area contributed by atoms with Gasteiger partial charge in [-0.2, -0.15) is 0 Å². The Hall–Kier alpha value is -3.13. The molecule has 0 amide bonds. The monoisotopic (exact) mass is 611 g/mol. The van der Waals surface area contributed by atoms with Gasteiger partial charge in [-0.15, -0.1) is 10.2 Å². The van der Waals surface area contributed by atoms with E-state index in [-0.39, 0.29) is 33.7 Å². The summed E-state index contributed by atoms with van der Waals surface area (Å²) in [6, 6.07) is 10.1. The third-order valence-corrected chi connectivity index (χ3v) is 10.6. The van der Waals surface area contributed by atoms with Gasteiger partial charge in [0, 0.05) is 41.2 Å². The third-order valence-electron chi connectivity index (χ3n) is 6.52. The van der Waals surface area contributed by atoms with E-state index in [0.717, 1.165) is 4.31 Å². The van der Waals surface area contributed by atoms with E-state index < -0.39 is 37.6 Å². The van der Waals surface area contributed by atoms with Crippen molar-refractivity contribution < 1.29 is 26.7 Å². The van der Waals surface area contributed by atoms with Crippen molar-refractivity contribution in [2.24, 2.45) is 0 Å². The minimum atomic E-state index is -4.18. The number of halogens is 2. The molecular weight excluding hydrogens is 589 g/mol. The molecule has 0 saturated carbocycles. The van der Waals surface area contributed by atoms with Crippen LogP contribution >= 0.6 is 23.2 Å². The summed E-state index contributed by atoms with van der Waals surface area (Å²) in [5.41, 5.74) is 0.878. The third kappa shape index (κ3) is 5.76. The highest BCUT2D eigenvalue weighted by molar-refractivity contribution is 7.93. The second-order valence-electron chi connectivity index (χ2n) is 9.15. The molecule has 1 atom stereocenters. The first kappa shape index (κ1) is 27.4. The average molecular weight is 613 g/mol. The number of carbonyl (C=O) groups is 1. The maximum atomic E-state index is 13.5. The van der Waals surface area contributed by atoms with Crippen LogP contribution in [0.2, 0.25) is 0 Å². The highest BCUT2D eigenvalue weighted by Gasteiger charge is 2.34. The molecule has 39 heavy (non-hydrogen) atoms. The molecule has 0 radical (unpaired) electrons. The number of nitrogens with zero attached hydrogens (tertiary/aromatic N) is 5. The lowest BCUT2D eigenvalue weighted by molar-refractivity contribution is -0.135. The fourth-order valence-corrected chi connectivity index (χ4v) is 8.26. The van der Waals surface area contributed by atoms with Crippen LogP contribution in [-0.4, -0.2) is 79.1 Å². The van der Waals surface area contributed by atoms with Crippen molar-refractivity contribution in [3.05, 3.63) is 64.8 Å². The number of anilines is 2. The van der Waals surface area contributed by atoms with Crippen molar-refractivity contribution in [1.29, 1.82) is 0 Å². The van der Waals surface area contributed by atoms with Gasteiger partial charge in [-0.25, -0.2) is 16.8 Å². The largest absolute Gasteiger partial charge is 0.480 e. The van der Waals surface area contributed by atoms with Gasteiger partial charge in [0.1, 0.15) is 11.8 Å². The molecule has 1 fully saturated rings. The molecule has 5 rings (SSSR count). The quantitative estimate of drug-likeness (QED) is 0.426. The van der Waals surface area contributed by atoms with Gasteiger partial charge in [-0.05, 0) is 48.6 Å². The molecule has 1 aliphatic heterocycles. The minimum Gasteiger partial charge on any atom is -0.480 e. The van der Waals surface area contributed by atoms with Crippen molar-refractivity contribution in [3.8, 4) is 5.82 Å². The van der Waals surface area contributed by atoms with Gasteiger partial charge in [-0.1, -0.05) is 23.2 Å². The maximum Gasteiger partial charge on any atom is 0.324 e. The average Bonchev–Trinajstić information content (AvgIpc) is 3.30. The Kier molecular flexibility index (Phi) is 7.35. The number of rotatable bonds is 7. The van der Waals surface area contributed by atoms with Crippen molar-refractivity contribution in [2.75, 3.05) is 40.3 Å².